The number of aromatic nitrogens is 1. The molecule has 0 aliphatic carbocycles. The number of likely N-dealkylation sites (tertiary alicyclic amines) is 1. The highest BCUT2D eigenvalue weighted by molar-refractivity contribution is 7.90. The van der Waals surface area contributed by atoms with Gasteiger partial charge in [0, 0.05) is 50.4 Å². The first-order chi connectivity index (χ1) is 11.9. The van der Waals surface area contributed by atoms with Crippen LogP contribution in [0.3, 0.4) is 0 Å². The Kier molecular flexibility index (Phi) is 5.77. The topological polar surface area (TPSA) is 79.8 Å². The Hall–Kier alpha value is -1.03. The van der Waals surface area contributed by atoms with Gasteiger partial charge >= 0.3 is 0 Å². The predicted molar refractivity (Wildman–Crippen MR) is 96.2 cm³/mol. The van der Waals surface area contributed by atoms with Crippen molar-refractivity contribution >= 4 is 27.1 Å². The molecule has 1 aromatic heterocycles. The summed E-state index contributed by atoms with van der Waals surface area (Å²) in [4.78, 5) is 20.7. The zero-order chi connectivity index (χ0) is 17.9. The highest BCUT2D eigenvalue weighted by Gasteiger charge is 2.40. The van der Waals surface area contributed by atoms with Crippen LogP contribution in [-0.4, -0.2) is 79.5 Å². The quantitative estimate of drug-likeness (QED) is 0.743. The van der Waals surface area contributed by atoms with Crippen molar-refractivity contribution in [3.8, 4) is 0 Å². The van der Waals surface area contributed by atoms with E-state index in [1.54, 1.807) is 16.2 Å². The Morgan fingerprint density at radius 2 is 2.12 bits per heavy atom. The highest BCUT2D eigenvalue weighted by atomic mass is 32.2. The maximum Gasteiger partial charge on any atom is 0.223 e. The lowest BCUT2D eigenvalue weighted by Crippen LogP contribution is -2.57. The normalized spacial score (nSPS) is 21.6. The van der Waals surface area contributed by atoms with Gasteiger partial charge in [0.1, 0.15) is 14.8 Å². The van der Waals surface area contributed by atoms with Crippen molar-refractivity contribution in [3.05, 3.63) is 16.6 Å². The molecular formula is C16H25N3O4S2. The number of carbonyl (C=O) groups excluding carboxylic acids is 1. The standard InChI is InChI=1S/C16H25N3O4S2/c1-25(21,22)11-2-15(20)19-6-3-16(4-7-19)13-18(8-9-23-16)12-14-17-5-10-24-14/h5,10H,2-4,6-9,11-13H2,1H3. The lowest BCUT2D eigenvalue weighted by molar-refractivity contribution is -0.151. The first kappa shape index (κ1) is 18.8. The van der Waals surface area contributed by atoms with Gasteiger partial charge in [-0.1, -0.05) is 0 Å². The van der Waals surface area contributed by atoms with Crippen molar-refractivity contribution in [2.75, 3.05) is 44.8 Å². The van der Waals surface area contributed by atoms with Crippen LogP contribution in [0.25, 0.3) is 0 Å². The van der Waals surface area contributed by atoms with Crippen LogP contribution in [0.1, 0.15) is 24.3 Å². The molecule has 2 aliphatic heterocycles. The Balaban J connectivity index is 1.51. The summed E-state index contributed by atoms with van der Waals surface area (Å²) in [6.45, 7) is 4.57. The van der Waals surface area contributed by atoms with Gasteiger partial charge in [-0.3, -0.25) is 9.69 Å². The third-order valence-electron chi connectivity index (χ3n) is 4.88. The van der Waals surface area contributed by atoms with E-state index < -0.39 is 9.84 Å². The number of ether oxygens (including phenoxy) is 1. The minimum Gasteiger partial charge on any atom is -0.372 e. The molecule has 3 rings (SSSR count). The van der Waals surface area contributed by atoms with Gasteiger partial charge in [-0.05, 0) is 12.8 Å². The van der Waals surface area contributed by atoms with E-state index in [1.807, 2.05) is 11.6 Å². The van der Waals surface area contributed by atoms with Crippen LogP contribution in [-0.2, 0) is 25.9 Å². The van der Waals surface area contributed by atoms with Crippen LogP contribution >= 0.6 is 11.3 Å². The molecule has 0 atom stereocenters. The summed E-state index contributed by atoms with van der Waals surface area (Å²) in [5.74, 6) is -0.151. The summed E-state index contributed by atoms with van der Waals surface area (Å²) in [7, 11) is -3.10. The molecule has 1 spiro atoms. The van der Waals surface area contributed by atoms with Gasteiger partial charge in [-0.25, -0.2) is 13.4 Å². The molecule has 0 saturated carbocycles. The molecule has 140 valence electrons. The zero-order valence-electron chi connectivity index (χ0n) is 14.5. The second kappa shape index (κ2) is 7.69. The summed E-state index contributed by atoms with van der Waals surface area (Å²) >= 11 is 1.67. The Morgan fingerprint density at radius 3 is 2.76 bits per heavy atom. The smallest absolute Gasteiger partial charge is 0.223 e. The van der Waals surface area contributed by atoms with Crippen LogP contribution in [0.4, 0.5) is 0 Å². The SMILES string of the molecule is CS(=O)(=O)CCC(=O)N1CCC2(CC1)CN(Cc1nccs1)CCO2. The maximum atomic E-state index is 12.2. The number of rotatable bonds is 5. The molecule has 2 fully saturated rings. The summed E-state index contributed by atoms with van der Waals surface area (Å²) < 4.78 is 28.6. The number of morpholine rings is 1. The van der Waals surface area contributed by atoms with Gasteiger partial charge in [0.25, 0.3) is 0 Å². The molecule has 9 heteroatoms. The van der Waals surface area contributed by atoms with Gasteiger partial charge in [-0.15, -0.1) is 11.3 Å². The number of thiazole rings is 1. The first-order valence-corrected chi connectivity index (χ1v) is 11.5. The van der Waals surface area contributed by atoms with Crippen molar-refractivity contribution in [2.45, 2.75) is 31.4 Å². The molecule has 0 N–H and O–H groups in total. The van der Waals surface area contributed by atoms with Gasteiger partial charge in [0.15, 0.2) is 0 Å². The second-order valence-electron chi connectivity index (χ2n) is 6.93. The van der Waals surface area contributed by atoms with E-state index in [1.165, 1.54) is 6.26 Å². The summed E-state index contributed by atoms with van der Waals surface area (Å²) in [5.41, 5.74) is -0.191. The number of nitrogens with zero attached hydrogens (tertiary/aromatic N) is 3. The average molecular weight is 388 g/mol. The molecule has 3 heterocycles. The molecule has 1 amide bonds. The minimum atomic E-state index is -3.10. The van der Waals surface area contributed by atoms with E-state index >= 15 is 0 Å². The fourth-order valence-corrected chi connectivity index (χ4v) is 4.68. The summed E-state index contributed by atoms with van der Waals surface area (Å²) in [6.07, 6.45) is 4.66. The van der Waals surface area contributed by atoms with Crippen LogP contribution in [0.5, 0.6) is 0 Å². The van der Waals surface area contributed by atoms with Gasteiger partial charge < -0.3 is 9.64 Å². The number of hydrogen-bond acceptors (Lipinski definition) is 7. The molecule has 1 aromatic rings. The summed E-state index contributed by atoms with van der Waals surface area (Å²) in [5, 5.41) is 3.11. The van der Waals surface area contributed by atoms with Crippen molar-refractivity contribution in [3.63, 3.8) is 0 Å². The third-order valence-corrected chi connectivity index (χ3v) is 6.59. The largest absolute Gasteiger partial charge is 0.372 e. The molecular weight excluding hydrogens is 362 g/mol. The summed E-state index contributed by atoms with van der Waals surface area (Å²) in [6, 6.07) is 0. The molecule has 2 aliphatic rings. The van der Waals surface area contributed by atoms with E-state index in [9.17, 15) is 13.2 Å². The van der Waals surface area contributed by atoms with Crippen molar-refractivity contribution in [1.82, 2.24) is 14.8 Å². The molecule has 0 radical (unpaired) electrons. The van der Waals surface area contributed by atoms with Crippen LogP contribution in [0.15, 0.2) is 11.6 Å². The lowest BCUT2D eigenvalue weighted by atomic mass is 9.89. The van der Waals surface area contributed by atoms with Crippen molar-refractivity contribution < 1.29 is 17.9 Å². The monoisotopic (exact) mass is 387 g/mol. The molecule has 2 saturated heterocycles. The zero-order valence-corrected chi connectivity index (χ0v) is 16.1. The van der Waals surface area contributed by atoms with Crippen LogP contribution in [0.2, 0.25) is 0 Å². The van der Waals surface area contributed by atoms with Gasteiger partial charge in [-0.2, -0.15) is 0 Å². The highest BCUT2D eigenvalue weighted by Crippen LogP contribution is 2.31. The minimum absolute atomic E-state index is 0.0723. The molecule has 7 nitrogen and oxygen atoms in total. The number of piperidine rings is 1. The van der Waals surface area contributed by atoms with E-state index in [2.05, 4.69) is 9.88 Å². The lowest BCUT2D eigenvalue weighted by Gasteiger charge is -2.47. The van der Waals surface area contributed by atoms with Gasteiger partial charge in [0.05, 0.1) is 24.5 Å². The van der Waals surface area contributed by atoms with Crippen LogP contribution < -0.4 is 0 Å². The van der Waals surface area contributed by atoms with E-state index in [0.29, 0.717) is 19.7 Å². The van der Waals surface area contributed by atoms with Crippen LogP contribution in [0, 0.1) is 0 Å². The number of hydrogen-bond donors (Lipinski definition) is 0. The molecule has 0 bridgehead atoms. The molecule has 0 unspecified atom stereocenters. The number of carbonyl (C=O) groups is 1. The van der Waals surface area contributed by atoms with E-state index in [-0.39, 0.29) is 23.7 Å². The van der Waals surface area contributed by atoms with E-state index in [0.717, 1.165) is 37.5 Å². The fraction of sp³-hybridized carbons (Fsp3) is 0.750. The average Bonchev–Trinajstić information content (AvgIpc) is 3.06. The third kappa shape index (κ3) is 5.22. The Bertz CT molecular complexity index is 682. The second-order valence-corrected chi connectivity index (χ2v) is 10.2. The maximum absolute atomic E-state index is 12.2. The fourth-order valence-electron chi connectivity index (χ4n) is 3.48. The molecule has 0 aromatic carbocycles. The van der Waals surface area contributed by atoms with Crippen molar-refractivity contribution in [1.29, 1.82) is 0 Å². The number of amides is 1. The number of sulfone groups is 1. The Morgan fingerprint density at radius 1 is 1.36 bits per heavy atom. The Labute approximate surface area is 152 Å². The molecule has 25 heavy (non-hydrogen) atoms. The van der Waals surface area contributed by atoms with Crippen molar-refractivity contribution in [2.24, 2.45) is 0 Å². The van der Waals surface area contributed by atoms with Gasteiger partial charge in [0.2, 0.25) is 5.91 Å². The predicted octanol–water partition coefficient (Wildman–Crippen LogP) is 0.771. The first-order valence-electron chi connectivity index (χ1n) is 8.55. The van der Waals surface area contributed by atoms with E-state index in [4.69, 9.17) is 4.74 Å².